The summed E-state index contributed by atoms with van der Waals surface area (Å²) >= 11 is 0. The summed E-state index contributed by atoms with van der Waals surface area (Å²) in [6.45, 7) is 9.25. The number of hydrogen-bond donors (Lipinski definition) is 0. The summed E-state index contributed by atoms with van der Waals surface area (Å²) in [5.74, 6) is 2.23. The number of benzene rings is 1. The molecule has 0 atom stereocenters. The minimum atomic E-state index is 0.0272. The molecule has 0 aliphatic carbocycles. The number of carbonyl (C=O) groups excluding carboxylic acids is 1. The van der Waals surface area contributed by atoms with Gasteiger partial charge in [0.1, 0.15) is 0 Å². The molecule has 33 heavy (non-hydrogen) atoms. The first-order valence-electron chi connectivity index (χ1n) is 11.0. The Labute approximate surface area is 191 Å². The first-order chi connectivity index (χ1) is 15.9. The van der Waals surface area contributed by atoms with Gasteiger partial charge < -0.3 is 9.42 Å². The molecule has 0 unspecified atom stereocenters. The fraction of sp³-hybridized carbons (Fsp3) is 0.391. The third-order valence-corrected chi connectivity index (χ3v) is 5.83. The minimum Gasteiger partial charge on any atom is -0.340 e. The Kier molecular flexibility index (Phi) is 5.59. The molecule has 10 heteroatoms. The monoisotopic (exact) mass is 446 g/mol. The van der Waals surface area contributed by atoms with Crippen LogP contribution >= 0.6 is 0 Å². The van der Waals surface area contributed by atoms with Crippen molar-refractivity contribution in [2.45, 2.75) is 33.7 Å². The van der Waals surface area contributed by atoms with Crippen LogP contribution in [0.4, 0.5) is 0 Å². The summed E-state index contributed by atoms with van der Waals surface area (Å²) < 4.78 is 7.13. The largest absolute Gasteiger partial charge is 0.340 e. The van der Waals surface area contributed by atoms with E-state index in [1.807, 2.05) is 56.0 Å². The predicted octanol–water partition coefficient (Wildman–Crippen LogP) is 1.99. The fourth-order valence-electron chi connectivity index (χ4n) is 4.02. The molecule has 5 rings (SSSR count). The van der Waals surface area contributed by atoms with E-state index in [-0.39, 0.29) is 12.3 Å². The van der Waals surface area contributed by atoms with Crippen molar-refractivity contribution >= 4 is 11.7 Å². The third-order valence-electron chi connectivity index (χ3n) is 5.83. The van der Waals surface area contributed by atoms with Crippen LogP contribution in [0.3, 0.4) is 0 Å². The number of carbonyl (C=O) groups is 1. The Hall–Kier alpha value is -3.66. The molecule has 1 amide bonds. The molecular weight excluding hydrogens is 420 g/mol. The number of amides is 1. The van der Waals surface area contributed by atoms with Gasteiger partial charge in [-0.3, -0.25) is 9.69 Å². The van der Waals surface area contributed by atoms with Gasteiger partial charge in [0.25, 0.3) is 5.78 Å². The lowest BCUT2D eigenvalue weighted by Gasteiger charge is -2.33. The van der Waals surface area contributed by atoms with Crippen molar-refractivity contribution in [2.24, 2.45) is 0 Å². The van der Waals surface area contributed by atoms with Gasteiger partial charge in [-0.05, 0) is 26.8 Å². The summed E-state index contributed by atoms with van der Waals surface area (Å²) in [6, 6.07) is 9.99. The van der Waals surface area contributed by atoms with Gasteiger partial charge in [-0.25, -0.2) is 9.50 Å². The number of fused-ring (bicyclic) bond motifs is 1. The number of aromatic nitrogens is 6. The fourth-order valence-corrected chi connectivity index (χ4v) is 4.02. The standard InChI is InChI=1S/C23H26N8O2/c1-15-4-6-18(7-5-15)22-26-20(33-28-22)14-29-8-10-30(11-9-29)21(32)13-19-25-23-24-16(2)12-17(3)31(23)27-19/h4-7,12H,8-11,13-14H2,1-3H3. The lowest BCUT2D eigenvalue weighted by molar-refractivity contribution is -0.132. The molecule has 1 aliphatic rings. The molecule has 0 spiro atoms. The van der Waals surface area contributed by atoms with Crippen molar-refractivity contribution in [1.82, 2.24) is 39.5 Å². The predicted molar refractivity (Wildman–Crippen MR) is 120 cm³/mol. The molecule has 4 aromatic rings. The normalized spacial score (nSPS) is 14.8. The first kappa shape index (κ1) is 21.2. The zero-order valence-electron chi connectivity index (χ0n) is 19.0. The second-order valence-electron chi connectivity index (χ2n) is 8.49. The molecule has 1 aromatic carbocycles. The summed E-state index contributed by atoms with van der Waals surface area (Å²) in [5.41, 5.74) is 3.96. The van der Waals surface area contributed by atoms with Crippen LogP contribution in [0.2, 0.25) is 0 Å². The van der Waals surface area contributed by atoms with E-state index in [1.54, 1.807) is 4.52 Å². The van der Waals surface area contributed by atoms with Gasteiger partial charge in [0, 0.05) is 43.1 Å². The van der Waals surface area contributed by atoms with Crippen LogP contribution in [0.1, 0.15) is 28.7 Å². The lowest BCUT2D eigenvalue weighted by Crippen LogP contribution is -2.48. The molecule has 0 N–H and O–H groups in total. The summed E-state index contributed by atoms with van der Waals surface area (Å²) in [6.07, 6.45) is 0.172. The van der Waals surface area contributed by atoms with Gasteiger partial charge in [0.2, 0.25) is 17.6 Å². The maximum Gasteiger partial charge on any atom is 0.252 e. The van der Waals surface area contributed by atoms with E-state index in [9.17, 15) is 4.79 Å². The van der Waals surface area contributed by atoms with E-state index in [4.69, 9.17) is 4.52 Å². The second kappa shape index (κ2) is 8.70. The van der Waals surface area contributed by atoms with E-state index in [1.165, 1.54) is 5.56 Å². The second-order valence-corrected chi connectivity index (χ2v) is 8.49. The number of rotatable bonds is 5. The van der Waals surface area contributed by atoms with Crippen molar-refractivity contribution in [3.05, 3.63) is 59.0 Å². The minimum absolute atomic E-state index is 0.0272. The molecule has 1 saturated heterocycles. The van der Waals surface area contributed by atoms with E-state index in [0.29, 0.717) is 43.0 Å². The average Bonchev–Trinajstić information content (AvgIpc) is 3.42. The Morgan fingerprint density at radius 3 is 2.52 bits per heavy atom. The first-order valence-corrected chi connectivity index (χ1v) is 11.0. The molecule has 4 heterocycles. The maximum absolute atomic E-state index is 12.8. The quantitative estimate of drug-likeness (QED) is 0.458. The average molecular weight is 447 g/mol. The van der Waals surface area contributed by atoms with Gasteiger partial charge in [-0.15, -0.1) is 5.10 Å². The van der Waals surface area contributed by atoms with Crippen LogP contribution in [0.15, 0.2) is 34.9 Å². The van der Waals surface area contributed by atoms with Crippen LogP contribution in [0.25, 0.3) is 17.2 Å². The summed E-state index contributed by atoms with van der Waals surface area (Å²) in [7, 11) is 0. The van der Waals surface area contributed by atoms with Crippen LogP contribution in [0.5, 0.6) is 0 Å². The smallest absolute Gasteiger partial charge is 0.252 e. The van der Waals surface area contributed by atoms with E-state index in [0.717, 1.165) is 30.0 Å². The van der Waals surface area contributed by atoms with E-state index >= 15 is 0 Å². The van der Waals surface area contributed by atoms with Crippen LogP contribution in [-0.2, 0) is 17.8 Å². The number of hydrogen-bond acceptors (Lipinski definition) is 8. The van der Waals surface area contributed by atoms with Gasteiger partial charge in [-0.2, -0.15) is 9.97 Å². The van der Waals surface area contributed by atoms with Crippen molar-refractivity contribution in [3.8, 4) is 11.4 Å². The summed E-state index contributed by atoms with van der Waals surface area (Å²) in [5, 5.41) is 8.55. The van der Waals surface area contributed by atoms with Crippen molar-refractivity contribution in [3.63, 3.8) is 0 Å². The highest BCUT2D eigenvalue weighted by Gasteiger charge is 2.24. The van der Waals surface area contributed by atoms with Crippen LogP contribution < -0.4 is 0 Å². The highest BCUT2D eigenvalue weighted by atomic mass is 16.5. The molecule has 1 fully saturated rings. The van der Waals surface area contributed by atoms with Crippen LogP contribution in [-0.4, -0.2) is 71.6 Å². The zero-order valence-corrected chi connectivity index (χ0v) is 19.0. The number of aryl methyl sites for hydroxylation is 3. The van der Waals surface area contributed by atoms with E-state index < -0.39 is 0 Å². The molecule has 1 aliphatic heterocycles. The molecular formula is C23H26N8O2. The Morgan fingerprint density at radius 2 is 1.76 bits per heavy atom. The Bertz CT molecular complexity index is 1290. The molecule has 170 valence electrons. The van der Waals surface area contributed by atoms with Gasteiger partial charge in [0.05, 0.1) is 13.0 Å². The maximum atomic E-state index is 12.8. The van der Waals surface area contributed by atoms with Crippen molar-refractivity contribution in [2.75, 3.05) is 26.2 Å². The lowest BCUT2D eigenvalue weighted by atomic mass is 10.1. The van der Waals surface area contributed by atoms with Gasteiger partial charge >= 0.3 is 0 Å². The SMILES string of the molecule is Cc1ccc(-c2noc(CN3CCN(C(=O)Cc4nc5nc(C)cc(C)n5n4)CC3)n2)cc1. The molecule has 0 radical (unpaired) electrons. The topological polar surface area (TPSA) is 106 Å². The highest BCUT2D eigenvalue weighted by Crippen LogP contribution is 2.17. The van der Waals surface area contributed by atoms with Gasteiger partial charge in [-0.1, -0.05) is 35.0 Å². The van der Waals surface area contributed by atoms with E-state index in [2.05, 4.69) is 30.1 Å². The summed E-state index contributed by atoms with van der Waals surface area (Å²) in [4.78, 5) is 30.2. The Balaban J connectivity index is 1.15. The number of piperazine rings is 1. The molecule has 0 saturated carbocycles. The molecule has 0 bridgehead atoms. The van der Waals surface area contributed by atoms with Crippen LogP contribution in [0, 0.1) is 20.8 Å². The number of nitrogens with zero attached hydrogens (tertiary/aromatic N) is 8. The highest BCUT2D eigenvalue weighted by molar-refractivity contribution is 5.78. The van der Waals surface area contributed by atoms with Gasteiger partial charge in [0.15, 0.2) is 5.82 Å². The third kappa shape index (κ3) is 4.61. The van der Waals surface area contributed by atoms with Crippen molar-refractivity contribution in [1.29, 1.82) is 0 Å². The van der Waals surface area contributed by atoms with Crippen molar-refractivity contribution < 1.29 is 9.32 Å². The molecule has 10 nitrogen and oxygen atoms in total. The Morgan fingerprint density at radius 1 is 1.00 bits per heavy atom. The molecule has 3 aromatic heterocycles. The zero-order chi connectivity index (χ0) is 22.9.